The Kier molecular flexibility index (Phi) is 7.53. The van der Waals surface area contributed by atoms with Crippen molar-refractivity contribution in [1.82, 2.24) is 9.13 Å². The van der Waals surface area contributed by atoms with Crippen molar-refractivity contribution in [3.63, 3.8) is 0 Å². The monoisotopic (exact) mass is 712 g/mol. The summed E-state index contributed by atoms with van der Waals surface area (Å²) in [6.07, 6.45) is 0. The number of hydrogen-bond acceptors (Lipinski definition) is 0. The first-order valence-corrected chi connectivity index (χ1v) is 19.3. The largest absolute Gasteiger partial charge is 0.309 e. The van der Waals surface area contributed by atoms with Crippen LogP contribution in [-0.4, -0.2) is 9.13 Å². The van der Waals surface area contributed by atoms with E-state index in [0.29, 0.717) is 0 Å². The average Bonchev–Trinajstić information content (AvgIpc) is 3.79. The third-order valence-electron chi connectivity index (χ3n) is 11.3. The average molecular weight is 713 g/mol. The number of fused-ring (bicyclic) bond motifs is 6. The Morgan fingerprint density at radius 2 is 0.607 bits per heavy atom. The summed E-state index contributed by atoms with van der Waals surface area (Å²) in [7, 11) is 0. The first kappa shape index (κ1) is 32.0. The van der Waals surface area contributed by atoms with Crippen LogP contribution in [0, 0.1) is 0 Å². The molecule has 2 nitrogen and oxygen atoms in total. The van der Waals surface area contributed by atoms with E-state index in [1.807, 2.05) is 0 Å². The highest BCUT2D eigenvalue weighted by Gasteiger charge is 2.18. The summed E-state index contributed by atoms with van der Waals surface area (Å²) < 4.78 is 4.85. The van der Waals surface area contributed by atoms with Crippen LogP contribution < -0.4 is 0 Å². The molecule has 0 atom stereocenters. The van der Waals surface area contributed by atoms with Crippen molar-refractivity contribution in [2.45, 2.75) is 0 Å². The molecule has 0 N–H and O–H groups in total. The van der Waals surface area contributed by atoms with Crippen LogP contribution in [0.1, 0.15) is 0 Å². The smallest absolute Gasteiger partial charge is 0.0547 e. The quantitative estimate of drug-likeness (QED) is 0.162. The summed E-state index contributed by atoms with van der Waals surface area (Å²) in [6.45, 7) is 0. The first-order chi connectivity index (χ1) is 27.8. The number of aromatic nitrogens is 2. The molecule has 0 spiro atoms. The minimum atomic E-state index is 1.15. The first-order valence-electron chi connectivity index (χ1n) is 19.3. The standard InChI is InChI=1S/C54H36N2/c1-5-15-37(16-6-1)42-25-28-48-50-35-41(26-29-52(50)55(54(48)36-42)45-21-11-4-12-22-45)40-27-30-53-49(34-40)47-23-13-14-24-51(47)56(53)46-32-43(38-17-7-2-8-18-38)31-44(33-46)39-19-9-3-10-20-39/h1-36H. The van der Waals surface area contributed by atoms with Gasteiger partial charge in [-0.05, 0) is 111 Å². The maximum atomic E-state index is 2.44. The zero-order chi connectivity index (χ0) is 37.0. The maximum Gasteiger partial charge on any atom is 0.0547 e. The molecule has 0 aliphatic heterocycles. The minimum Gasteiger partial charge on any atom is -0.309 e. The fourth-order valence-electron chi connectivity index (χ4n) is 8.63. The lowest BCUT2D eigenvalue weighted by molar-refractivity contribution is 1.18. The van der Waals surface area contributed by atoms with Gasteiger partial charge in [0.05, 0.1) is 22.1 Å². The highest BCUT2D eigenvalue weighted by molar-refractivity contribution is 6.13. The minimum absolute atomic E-state index is 1.15. The molecule has 262 valence electrons. The molecule has 0 aliphatic carbocycles. The van der Waals surface area contributed by atoms with E-state index in [1.165, 1.54) is 88.1 Å². The second-order valence-electron chi connectivity index (χ2n) is 14.6. The Balaban J connectivity index is 1.09. The van der Waals surface area contributed by atoms with E-state index in [9.17, 15) is 0 Å². The van der Waals surface area contributed by atoms with Gasteiger partial charge < -0.3 is 9.13 Å². The van der Waals surface area contributed by atoms with Crippen LogP contribution >= 0.6 is 0 Å². The normalized spacial score (nSPS) is 11.6. The second-order valence-corrected chi connectivity index (χ2v) is 14.6. The van der Waals surface area contributed by atoms with Gasteiger partial charge in [0, 0.05) is 32.9 Å². The van der Waals surface area contributed by atoms with Crippen molar-refractivity contribution >= 4 is 43.6 Å². The lowest BCUT2D eigenvalue weighted by atomic mass is 9.98. The molecule has 11 rings (SSSR count). The fraction of sp³-hybridized carbons (Fsp3) is 0. The van der Waals surface area contributed by atoms with Gasteiger partial charge in [-0.2, -0.15) is 0 Å². The molecule has 9 aromatic carbocycles. The van der Waals surface area contributed by atoms with Crippen LogP contribution in [-0.2, 0) is 0 Å². The van der Waals surface area contributed by atoms with E-state index < -0.39 is 0 Å². The SMILES string of the molecule is c1ccc(-c2cc(-c3ccccc3)cc(-n3c4ccccc4c4cc(-c5ccc6c(c5)c5ccc(-c7ccccc7)cc5n6-c5ccccc5)ccc43)c2)cc1. The van der Waals surface area contributed by atoms with Crippen molar-refractivity contribution in [3.05, 3.63) is 218 Å². The van der Waals surface area contributed by atoms with Crippen molar-refractivity contribution in [2.24, 2.45) is 0 Å². The molecular weight excluding hydrogens is 677 g/mol. The van der Waals surface area contributed by atoms with Crippen LogP contribution in [0.25, 0.3) is 99.5 Å². The van der Waals surface area contributed by atoms with Gasteiger partial charge in [-0.3, -0.25) is 0 Å². The molecular formula is C54H36N2. The molecule has 0 radical (unpaired) electrons. The molecule has 0 unspecified atom stereocenters. The van der Waals surface area contributed by atoms with Crippen LogP contribution in [0.2, 0.25) is 0 Å². The second kappa shape index (κ2) is 13.2. The topological polar surface area (TPSA) is 9.86 Å². The summed E-state index contributed by atoms with van der Waals surface area (Å²) in [5.41, 5.74) is 16.7. The van der Waals surface area contributed by atoms with Gasteiger partial charge in [0.15, 0.2) is 0 Å². The van der Waals surface area contributed by atoms with Gasteiger partial charge >= 0.3 is 0 Å². The number of rotatable bonds is 6. The van der Waals surface area contributed by atoms with Crippen LogP contribution in [0.5, 0.6) is 0 Å². The Hall–Kier alpha value is -7.42. The van der Waals surface area contributed by atoms with Crippen molar-refractivity contribution in [1.29, 1.82) is 0 Å². The molecule has 0 aliphatic rings. The molecule has 2 aromatic heterocycles. The lowest BCUT2D eigenvalue weighted by Gasteiger charge is -2.14. The molecule has 11 aromatic rings. The van der Waals surface area contributed by atoms with Gasteiger partial charge in [-0.1, -0.05) is 152 Å². The van der Waals surface area contributed by atoms with E-state index in [2.05, 4.69) is 228 Å². The molecule has 0 saturated carbocycles. The Morgan fingerprint density at radius 1 is 0.196 bits per heavy atom. The van der Waals surface area contributed by atoms with Crippen LogP contribution in [0.3, 0.4) is 0 Å². The Labute approximate surface area is 325 Å². The van der Waals surface area contributed by atoms with E-state index in [4.69, 9.17) is 0 Å². The summed E-state index contributed by atoms with van der Waals surface area (Å²) in [5, 5.41) is 4.97. The molecule has 2 heterocycles. The third-order valence-corrected chi connectivity index (χ3v) is 11.3. The van der Waals surface area contributed by atoms with Gasteiger partial charge in [-0.15, -0.1) is 0 Å². The predicted octanol–water partition coefficient (Wildman–Crippen LogP) is 14.5. The number of nitrogens with zero attached hydrogens (tertiary/aromatic N) is 2. The Morgan fingerprint density at radius 3 is 1.18 bits per heavy atom. The molecule has 56 heavy (non-hydrogen) atoms. The van der Waals surface area contributed by atoms with E-state index in [0.717, 1.165) is 11.4 Å². The molecule has 0 bridgehead atoms. The van der Waals surface area contributed by atoms with Crippen molar-refractivity contribution < 1.29 is 0 Å². The molecule has 0 fully saturated rings. The zero-order valence-electron chi connectivity index (χ0n) is 30.7. The molecule has 2 heteroatoms. The molecule has 0 saturated heterocycles. The van der Waals surface area contributed by atoms with E-state index in [-0.39, 0.29) is 0 Å². The summed E-state index contributed by atoms with van der Waals surface area (Å²) >= 11 is 0. The highest BCUT2D eigenvalue weighted by atomic mass is 15.0. The predicted molar refractivity (Wildman–Crippen MR) is 237 cm³/mol. The van der Waals surface area contributed by atoms with E-state index in [1.54, 1.807) is 0 Å². The summed E-state index contributed by atoms with van der Waals surface area (Å²) in [4.78, 5) is 0. The van der Waals surface area contributed by atoms with E-state index >= 15 is 0 Å². The highest BCUT2D eigenvalue weighted by Crippen LogP contribution is 2.40. The number of hydrogen-bond donors (Lipinski definition) is 0. The van der Waals surface area contributed by atoms with Crippen LogP contribution in [0.15, 0.2) is 218 Å². The Bertz CT molecular complexity index is 3150. The van der Waals surface area contributed by atoms with Gasteiger partial charge in [0.2, 0.25) is 0 Å². The van der Waals surface area contributed by atoms with Crippen molar-refractivity contribution in [3.8, 4) is 55.9 Å². The van der Waals surface area contributed by atoms with Crippen molar-refractivity contribution in [2.75, 3.05) is 0 Å². The fourth-order valence-corrected chi connectivity index (χ4v) is 8.63. The number of benzene rings is 9. The summed E-state index contributed by atoms with van der Waals surface area (Å²) in [5.74, 6) is 0. The number of para-hydroxylation sites is 2. The van der Waals surface area contributed by atoms with Gasteiger partial charge in [0.1, 0.15) is 0 Å². The van der Waals surface area contributed by atoms with Crippen LogP contribution in [0.4, 0.5) is 0 Å². The lowest BCUT2D eigenvalue weighted by Crippen LogP contribution is -1.96. The van der Waals surface area contributed by atoms with Gasteiger partial charge in [0.25, 0.3) is 0 Å². The molecule has 0 amide bonds. The zero-order valence-corrected chi connectivity index (χ0v) is 30.7. The summed E-state index contributed by atoms with van der Waals surface area (Å²) in [6, 6.07) is 79.5. The van der Waals surface area contributed by atoms with Gasteiger partial charge in [-0.25, -0.2) is 0 Å². The maximum absolute atomic E-state index is 2.44. The third kappa shape index (κ3) is 5.34.